The van der Waals surface area contributed by atoms with E-state index in [9.17, 15) is 4.39 Å². The molecule has 0 amide bonds. The third-order valence-corrected chi connectivity index (χ3v) is 3.10. The maximum Gasteiger partial charge on any atom is 0.193 e. The van der Waals surface area contributed by atoms with E-state index < -0.39 is 6.29 Å². The Balaban J connectivity index is 2.08. The highest BCUT2D eigenvalue weighted by molar-refractivity contribution is 5.85. The molecule has 0 saturated heterocycles. The van der Waals surface area contributed by atoms with Crippen molar-refractivity contribution in [2.24, 2.45) is 0 Å². The fourth-order valence-electron chi connectivity index (χ4n) is 2.11. The molecule has 0 saturated carbocycles. The van der Waals surface area contributed by atoms with E-state index in [0.717, 1.165) is 22.0 Å². The normalized spacial score (nSPS) is 11.4. The number of aromatic nitrogens is 1. The monoisotopic (exact) mass is 257 g/mol. The molecule has 1 heterocycles. The largest absolute Gasteiger partial charge is 0.363 e. The van der Waals surface area contributed by atoms with Gasteiger partial charge in [0, 0.05) is 5.52 Å². The molecule has 0 atom stereocenters. The molecule has 4 heteroatoms. The molecule has 19 heavy (non-hydrogen) atoms. The van der Waals surface area contributed by atoms with Gasteiger partial charge >= 0.3 is 0 Å². The Bertz CT molecular complexity index is 717. The zero-order valence-electron chi connectivity index (χ0n) is 9.97. The number of H-pyrrole nitrogens is 1. The van der Waals surface area contributed by atoms with Crippen LogP contribution in [0.2, 0.25) is 0 Å². The average Bonchev–Trinajstić information content (AvgIpc) is 2.82. The summed E-state index contributed by atoms with van der Waals surface area (Å²) >= 11 is 0. The lowest BCUT2D eigenvalue weighted by Crippen LogP contribution is -1.93. The number of benzene rings is 2. The molecule has 1 aromatic heterocycles. The van der Waals surface area contributed by atoms with E-state index in [-0.39, 0.29) is 5.82 Å². The van der Waals surface area contributed by atoms with Crippen LogP contribution < -0.4 is 0 Å². The Morgan fingerprint density at radius 3 is 2.26 bits per heavy atom. The standard InChI is InChI=1S/C15H12FNO2/c16-12-5-3-9(4-6-12)10-1-2-11-8-14(15(18)19)17-13(11)7-10/h1-8,15,17-19H. The van der Waals surface area contributed by atoms with Crippen molar-refractivity contribution in [2.45, 2.75) is 6.29 Å². The van der Waals surface area contributed by atoms with Crippen molar-refractivity contribution >= 4 is 10.9 Å². The number of hydrogen-bond acceptors (Lipinski definition) is 2. The third-order valence-electron chi connectivity index (χ3n) is 3.10. The van der Waals surface area contributed by atoms with Crippen LogP contribution in [0.5, 0.6) is 0 Å². The Labute approximate surface area is 108 Å². The highest BCUT2D eigenvalue weighted by Crippen LogP contribution is 2.26. The second-order valence-electron chi connectivity index (χ2n) is 4.41. The molecule has 0 aliphatic heterocycles. The van der Waals surface area contributed by atoms with Gasteiger partial charge in [-0.3, -0.25) is 0 Å². The highest BCUT2D eigenvalue weighted by Gasteiger charge is 2.08. The topological polar surface area (TPSA) is 56.2 Å². The Kier molecular flexibility index (Phi) is 2.81. The van der Waals surface area contributed by atoms with Gasteiger partial charge in [0.25, 0.3) is 0 Å². The number of aromatic amines is 1. The molecule has 3 rings (SSSR count). The van der Waals surface area contributed by atoms with Crippen molar-refractivity contribution in [1.82, 2.24) is 4.98 Å². The summed E-state index contributed by atoms with van der Waals surface area (Å²) in [4.78, 5) is 2.94. The van der Waals surface area contributed by atoms with E-state index >= 15 is 0 Å². The van der Waals surface area contributed by atoms with Gasteiger partial charge in [0.15, 0.2) is 6.29 Å². The van der Waals surface area contributed by atoms with Gasteiger partial charge in [-0.1, -0.05) is 24.3 Å². The number of halogens is 1. The molecule has 0 fully saturated rings. The number of hydrogen-bond donors (Lipinski definition) is 3. The second kappa shape index (κ2) is 4.50. The van der Waals surface area contributed by atoms with E-state index in [2.05, 4.69) is 4.98 Å². The molecule has 3 N–H and O–H groups in total. The summed E-state index contributed by atoms with van der Waals surface area (Å²) < 4.78 is 12.9. The third kappa shape index (κ3) is 2.23. The van der Waals surface area contributed by atoms with E-state index in [1.807, 2.05) is 18.2 Å². The summed E-state index contributed by atoms with van der Waals surface area (Å²) in [6.45, 7) is 0. The van der Waals surface area contributed by atoms with Crippen molar-refractivity contribution in [3.8, 4) is 11.1 Å². The molecule has 3 aromatic rings. The van der Waals surface area contributed by atoms with Gasteiger partial charge in [-0.2, -0.15) is 0 Å². The maximum absolute atomic E-state index is 12.9. The van der Waals surface area contributed by atoms with E-state index in [4.69, 9.17) is 10.2 Å². The molecule has 2 aromatic carbocycles. The molecule has 0 unspecified atom stereocenters. The minimum Gasteiger partial charge on any atom is -0.363 e. The minimum atomic E-state index is -1.51. The summed E-state index contributed by atoms with van der Waals surface area (Å²) in [6.07, 6.45) is -1.51. The fourth-order valence-corrected chi connectivity index (χ4v) is 2.11. The lowest BCUT2D eigenvalue weighted by Gasteiger charge is -2.01. The Morgan fingerprint density at radius 1 is 0.895 bits per heavy atom. The summed E-state index contributed by atoms with van der Waals surface area (Å²) in [5.41, 5.74) is 3.01. The van der Waals surface area contributed by atoms with Crippen LogP contribution in [0.15, 0.2) is 48.5 Å². The summed E-state index contributed by atoms with van der Waals surface area (Å²) in [6, 6.07) is 13.6. The lowest BCUT2D eigenvalue weighted by molar-refractivity contribution is -0.0453. The van der Waals surface area contributed by atoms with Gasteiger partial charge in [0.2, 0.25) is 0 Å². The SMILES string of the molecule is OC(O)c1cc2ccc(-c3ccc(F)cc3)cc2[nH]1. The van der Waals surface area contributed by atoms with Crippen LogP contribution in [0.3, 0.4) is 0 Å². The number of rotatable bonds is 2. The van der Waals surface area contributed by atoms with Crippen molar-refractivity contribution in [2.75, 3.05) is 0 Å². The zero-order valence-corrected chi connectivity index (χ0v) is 9.97. The first-order valence-electron chi connectivity index (χ1n) is 5.88. The highest BCUT2D eigenvalue weighted by atomic mass is 19.1. The van der Waals surface area contributed by atoms with Crippen LogP contribution >= 0.6 is 0 Å². The summed E-state index contributed by atoms with van der Waals surface area (Å²) in [7, 11) is 0. The Hall–Kier alpha value is -2.17. The van der Waals surface area contributed by atoms with Gasteiger partial charge in [0.05, 0.1) is 5.69 Å². The molecule has 0 spiro atoms. The number of fused-ring (bicyclic) bond motifs is 1. The maximum atomic E-state index is 12.9. The lowest BCUT2D eigenvalue weighted by atomic mass is 10.0. The average molecular weight is 257 g/mol. The molecule has 0 aliphatic carbocycles. The molecule has 0 bridgehead atoms. The minimum absolute atomic E-state index is 0.268. The molecular formula is C15H12FNO2. The van der Waals surface area contributed by atoms with E-state index in [0.29, 0.717) is 5.69 Å². The number of nitrogens with one attached hydrogen (secondary N) is 1. The van der Waals surface area contributed by atoms with Gasteiger partial charge in [-0.25, -0.2) is 4.39 Å². The van der Waals surface area contributed by atoms with Gasteiger partial charge in [-0.15, -0.1) is 0 Å². The first-order valence-corrected chi connectivity index (χ1v) is 5.88. The zero-order chi connectivity index (χ0) is 13.4. The molecule has 0 radical (unpaired) electrons. The second-order valence-corrected chi connectivity index (χ2v) is 4.41. The van der Waals surface area contributed by atoms with Crippen LogP contribution in [0.25, 0.3) is 22.0 Å². The molecule has 3 nitrogen and oxygen atoms in total. The predicted molar refractivity (Wildman–Crippen MR) is 70.9 cm³/mol. The molecule has 96 valence electrons. The first kappa shape index (κ1) is 11.9. The summed E-state index contributed by atoms with van der Waals surface area (Å²) in [5.74, 6) is -0.268. The van der Waals surface area contributed by atoms with Crippen molar-refractivity contribution in [3.05, 3.63) is 60.0 Å². The molecule has 0 aliphatic rings. The smallest absolute Gasteiger partial charge is 0.193 e. The first-order chi connectivity index (χ1) is 9.13. The van der Waals surface area contributed by atoms with Crippen LogP contribution in [-0.4, -0.2) is 15.2 Å². The van der Waals surface area contributed by atoms with Crippen LogP contribution in [0.1, 0.15) is 12.0 Å². The Morgan fingerprint density at radius 2 is 1.58 bits per heavy atom. The quantitative estimate of drug-likeness (QED) is 0.618. The van der Waals surface area contributed by atoms with Gasteiger partial charge < -0.3 is 15.2 Å². The van der Waals surface area contributed by atoms with Crippen LogP contribution in [0.4, 0.5) is 4.39 Å². The van der Waals surface area contributed by atoms with Crippen molar-refractivity contribution in [1.29, 1.82) is 0 Å². The summed E-state index contributed by atoms with van der Waals surface area (Å²) in [5, 5.41) is 19.1. The predicted octanol–water partition coefficient (Wildman–Crippen LogP) is 2.96. The van der Waals surface area contributed by atoms with Crippen LogP contribution in [-0.2, 0) is 0 Å². The van der Waals surface area contributed by atoms with Crippen molar-refractivity contribution in [3.63, 3.8) is 0 Å². The van der Waals surface area contributed by atoms with Gasteiger partial charge in [0.1, 0.15) is 5.82 Å². The van der Waals surface area contributed by atoms with E-state index in [1.54, 1.807) is 18.2 Å². The van der Waals surface area contributed by atoms with Gasteiger partial charge in [-0.05, 0) is 40.8 Å². The number of aliphatic hydroxyl groups excluding tert-OH is 1. The van der Waals surface area contributed by atoms with Crippen molar-refractivity contribution < 1.29 is 14.6 Å². The number of aliphatic hydroxyl groups is 2. The molecular weight excluding hydrogens is 245 g/mol. The van der Waals surface area contributed by atoms with E-state index in [1.165, 1.54) is 12.1 Å². The fraction of sp³-hybridized carbons (Fsp3) is 0.0667. The van der Waals surface area contributed by atoms with Crippen LogP contribution in [0, 0.1) is 5.82 Å².